The lowest BCUT2D eigenvalue weighted by Crippen LogP contribution is -2.20. The van der Waals surface area contributed by atoms with E-state index in [2.05, 4.69) is 25.6 Å². The van der Waals surface area contributed by atoms with Crippen molar-refractivity contribution in [2.24, 2.45) is 0 Å². The van der Waals surface area contributed by atoms with Gasteiger partial charge in [-0.15, -0.1) is 0 Å². The molecular weight excluding hydrogens is 338 g/mol. The summed E-state index contributed by atoms with van der Waals surface area (Å²) < 4.78 is 16.2. The summed E-state index contributed by atoms with van der Waals surface area (Å²) in [6.07, 6.45) is 1.20. The van der Waals surface area contributed by atoms with Gasteiger partial charge in [-0.1, -0.05) is 0 Å². The number of nitrogens with zero attached hydrogens (tertiary/aromatic N) is 1. The summed E-state index contributed by atoms with van der Waals surface area (Å²) in [6.45, 7) is 1.52. The normalized spacial score (nSPS) is 10.6. The van der Waals surface area contributed by atoms with Crippen LogP contribution in [-0.2, 0) is 16.1 Å². The summed E-state index contributed by atoms with van der Waals surface area (Å²) in [5.41, 5.74) is 1.04. The van der Waals surface area contributed by atoms with Gasteiger partial charge in [0.05, 0.1) is 25.8 Å². The SMILES string of the molecule is COC(=O)CCCN(C)Cc1cc(OC)c(Br)cc1OC. The van der Waals surface area contributed by atoms with Crippen molar-refractivity contribution < 1.29 is 19.0 Å². The first-order valence-electron chi connectivity index (χ1n) is 6.67. The van der Waals surface area contributed by atoms with Gasteiger partial charge in [0.15, 0.2) is 0 Å². The molecule has 1 aromatic rings. The zero-order valence-corrected chi connectivity index (χ0v) is 14.5. The molecule has 0 atom stereocenters. The van der Waals surface area contributed by atoms with E-state index in [1.54, 1.807) is 14.2 Å². The highest BCUT2D eigenvalue weighted by atomic mass is 79.9. The fraction of sp³-hybridized carbons (Fsp3) is 0.533. The van der Waals surface area contributed by atoms with E-state index in [-0.39, 0.29) is 5.97 Å². The number of hydrogen-bond acceptors (Lipinski definition) is 5. The Kier molecular flexibility index (Phi) is 7.53. The van der Waals surface area contributed by atoms with Crippen LogP contribution in [0.5, 0.6) is 11.5 Å². The Labute approximate surface area is 134 Å². The van der Waals surface area contributed by atoms with Crippen molar-refractivity contribution in [3.8, 4) is 11.5 Å². The van der Waals surface area contributed by atoms with E-state index in [1.807, 2.05) is 19.2 Å². The molecule has 6 heteroatoms. The van der Waals surface area contributed by atoms with E-state index in [1.165, 1.54) is 7.11 Å². The number of hydrogen-bond donors (Lipinski definition) is 0. The summed E-state index contributed by atoms with van der Waals surface area (Å²) in [4.78, 5) is 13.2. The molecular formula is C15H22BrNO4. The van der Waals surface area contributed by atoms with Crippen LogP contribution in [0.25, 0.3) is 0 Å². The van der Waals surface area contributed by atoms with Crippen LogP contribution >= 0.6 is 15.9 Å². The van der Waals surface area contributed by atoms with Crippen molar-refractivity contribution in [1.29, 1.82) is 0 Å². The lowest BCUT2D eigenvalue weighted by Gasteiger charge is -2.19. The minimum atomic E-state index is -0.175. The number of rotatable bonds is 8. The molecule has 0 aliphatic carbocycles. The van der Waals surface area contributed by atoms with Crippen molar-refractivity contribution in [3.05, 3.63) is 22.2 Å². The molecule has 0 aliphatic heterocycles. The Balaban J connectivity index is 2.66. The number of carbonyl (C=O) groups excluding carboxylic acids is 1. The molecule has 0 saturated carbocycles. The maximum absolute atomic E-state index is 11.1. The zero-order chi connectivity index (χ0) is 15.8. The van der Waals surface area contributed by atoms with Crippen molar-refractivity contribution in [2.45, 2.75) is 19.4 Å². The van der Waals surface area contributed by atoms with Gasteiger partial charge in [0.25, 0.3) is 0 Å². The molecule has 1 rings (SSSR count). The van der Waals surface area contributed by atoms with Gasteiger partial charge in [-0.3, -0.25) is 4.79 Å². The molecule has 0 aromatic heterocycles. The highest BCUT2D eigenvalue weighted by Crippen LogP contribution is 2.33. The van der Waals surface area contributed by atoms with Crippen molar-refractivity contribution in [1.82, 2.24) is 4.90 Å². The predicted octanol–water partition coefficient (Wildman–Crippen LogP) is 2.85. The van der Waals surface area contributed by atoms with Crippen molar-refractivity contribution in [3.63, 3.8) is 0 Å². The number of methoxy groups -OCH3 is 3. The summed E-state index contributed by atoms with van der Waals surface area (Å²) in [7, 11) is 6.70. The third kappa shape index (κ3) is 5.55. The summed E-state index contributed by atoms with van der Waals surface area (Å²) in [6, 6.07) is 3.86. The minimum absolute atomic E-state index is 0.175. The Morgan fingerprint density at radius 3 is 2.43 bits per heavy atom. The molecule has 0 N–H and O–H groups in total. The molecule has 0 radical (unpaired) electrons. The summed E-state index contributed by atoms with van der Waals surface area (Å²) in [5.74, 6) is 1.41. The van der Waals surface area contributed by atoms with E-state index < -0.39 is 0 Å². The number of halogens is 1. The summed E-state index contributed by atoms with van der Waals surface area (Å²) in [5, 5.41) is 0. The predicted molar refractivity (Wildman–Crippen MR) is 84.8 cm³/mol. The first kappa shape index (κ1) is 17.8. The van der Waals surface area contributed by atoms with Gasteiger partial charge in [0.1, 0.15) is 11.5 Å². The van der Waals surface area contributed by atoms with Crippen LogP contribution in [0.3, 0.4) is 0 Å². The van der Waals surface area contributed by atoms with Crippen molar-refractivity contribution in [2.75, 3.05) is 34.9 Å². The van der Waals surface area contributed by atoms with Crippen LogP contribution < -0.4 is 9.47 Å². The standard InChI is InChI=1S/C15H22BrNO4/c1-17(7-5-6-15(18)21-4)10-11-8-14(20-3)12(16)9-13(11)19-2/h8-9H,5-7,10H2,1-4H3. The average Bonchev–Trinajstić information content (AvgIpc) is 2.48. The molecule has 21 heavy (non-hydrogen) atoms. The molecule has 0 bridgehead atoms. The van der Waals surface area contributed by atoms with E-state index in [0.29, 0.717) is 13.0 Å². The van der Waals surface area contributed by atoms with E-state index in [4.69, 9.17) is 9.47 Å². The first-order valence-corrected chi connectivity index (χ1v) is 7.46. The smallest absolute Gasteiger partial charge is 0.305 e. The molecule has 0 spiro atoms. The summed E-state index contributed by atoms with van der Waals surface area (Å²) >= 11 is 3.44. The molecule has 118 valence electrons. The first-order chi connectivity index (χ1) is 10.0. The van der Waals surface area contributed by atoms with Crippen LogP contribution in [0.2, 0.25) is 0 Å². The van der Waals surface area contributed by atoms with Gasteiger partial charge in [0, 0.05) is 18.5 Å². The van der Waals surface area contributed by atoms with Gasteiger partial charge in [0.2, 0.25) is 0 Å². The van der Waals surface area contributed by atoms with E-state index in [9.17, 15) is 4.79 Å². The fourth-order valence-electron chi connectivity index (χ4n) is 2.01. The molecule has 0 heterocycles. The Morgan fingerprint density at radius 1 is 1.19 bits per heavy atom. The zero-order valence-electron chi connectivity index (χ0n) is 12.9. The van der Waals surface area contributed by atoms with Gasteiger partial charge < -0.3 is 19.1 Å². The van der Waals surface area contributed by atoms with Gasteiger partial charge in [-0.25, -0.2) is 0 Å². The largest absolute Gasteiger partial charge is 0.496 e. The molecule has 0 saturated heterocycles. The number of benzene rings is 1. The minimum Gasteiger partial charge on any atom is -0.496 e. The maximum atomic E-state index is 11.1. The highest BCUT2D eigenvalue weighted by Gasteiger charge is 2.12. The second-order valence-corrected chi connectivity index (χ2v) is 5.57. The lowest BCUT2D eigenvalue weighted by atomic mass is 10.1. The molecule has 0 aliphatic rings. The molecule has 1 aromatic carbocycles. The topological polar surface area (TPSA) is 48.0 Å². The second kappa shape index (κ2) is 8.89. The van der Waals surface area contributed by atoms with E-state index >= 15 is 0 Å². The number of esters is 1. The fourth-order valence-corrected chi connectivity index (χ4v) is 2.50. The van der Waals surface area contributed by atoms with Crippen LogP contribution in [0.4, 0.5) is 0 Å². The van der Waals surface area contributed by atoms with Crippen LogP contribution in [-0.4, -0.2) is 45.8 Å². The van der Waals surface area contributed by atoms with Gasteiger partial charge in [-0.05, 0) is 48.1 Å². The van der Waals surface area contributed by atoms with E-state index in [0.717, 1.165) is 34.5 Å². The highest BCUT2D eigenvalue weighted by molar-refractivity contribution is 9.10. The lowest BCUT2D eigenvalue weighted by molar-refractivity contribution is -0.140. The third-order valence-electron chi connectivity index (χ3n) is 3.14. The molecule has 0 unspecified atom stereocenters. The quantitative estimate of drug-likeness (QED) is 0.668. The number of carbonyl (C=O) groups is 1. The van der Waals surface area contributed by atoms with Gasteiger partial charge in [-0.2, -0.15) is 0 Å². The molecule has 0 amide bonds. The molecule has 5 nitrogen and oxygen atoms in total. The Bertz CT molecular complexity index is 479. The number of ether oxygens (including phenoxy) is 3. The average molecular weight is 360 g/mol. The van der Waals surface area contributed by atoms with Gasteiger partial charge >= 0.3 is 5.97 Å². The molecule has 0 fully saturated rings. The Morgan fingerprint density at radius 2 is 1.86 bits per heavy atom. The monoisotopic (exact) mass is 359 g/mol. The van der Waals surface area contributed by atoms with Crippen LogP contribution in [0, 0.1) is 0 Å². The van der Waals surface area contributed by atoms with Crippen LogP contribution in [0.15, 0.2) is 16.6 Å². The maximum Gasteiger partial charge on any atom is 0.305 e. The third-order valence-corrected chi connectivity index (χ3v) is 3.76. The van der Waals surface area contributed by atoms with Crippen molar-refractivity contribution >= 4 is 21.9 Å². The second-order valence-electron chi connectivity index (χ2n) is 4.72. The van der Waals surface area contributed by atoms with Crippen LogP contribution in [0.1, 0.15) is 18.4 Å². The Hall–Kier alpha value is -1.27.